The van der Waals surface area contributed by atoms with Gasteiger partial charge in [-0.1, -0.05) is 0 Å². The Balaban J connectivity index is 2.45. The van der Waals surface area contributed by atoms with Crippen LogP contribution in [0.15, 0.2) is 12.2 Å². The smallest absolute Gasteiger partial charge is 0.253 e. The average molecular weight is 185 g/mol. The van der Waals surface area contributed by atoms with E-state index in [1.54, 1.807) is 0 Å². The predicted octanol–water partition coefficient (Wildman–Crippen LogP) is -1.08. The molecule has 0 aromatic heterocycles. The minimum Gasteiger partial charge on any atom is -0.389 e. The van der Waals surface area contributed by atoms with Crippen molar-refractivity contribution in [2.24, 2.45) is 0 Å². The molecule has 0 fully saturated rings. The molecule has 1 unspecified atom stereocenters. The van der Waals surface area contributed by atoms with Gasteiger partial charge in [0.25, 0.3) is 11.8 Å². The summed E-state index contributed by atoms with van der Waals surface area (Å²) in [4.78, 5) is 23.0. The minimum absolute atomic E-state index is 0.0154. The van der Waals surface area contributed by atoms with Gasteiger partial charge in [0.05, 0.1) is 19.3 Å². The normalized spacial score (nSPS) is 18.5. The van der Waals surface area contributed by atoms with Crippen LogP contribution in [-0.4, -0.2) is 48.2 Å². The molecule has 1 atom stereocenters. The first-order valence-corrected chi connectivity index (χ1v) is 3.85. The standard InChI is InChI=1S/C8H11NO4/c1-13-5-6(10)4-9-7(11)2-3-8(9)12/h2-3,6,10H,4-5H2,1H3. The highest BCUT2D eigenvalue weighted by atomic mass is 16.5. The van der Waals surface area contributed by atoms with E-state index in [1.165, 1.54) is 19.3 Å². The number of imide groups is 1. The van der Waals surface area contributed by atoms with Crippen LogP contribution in [-0.2, 0) is 14.3 Å². The van der Waals surface area contributed by atoms with Gasteiger partial charge in [-0.3, -0.25) is 14.5 Å². The summed E-state index contributed by atoms with van der Waals surface area (Å²) in [5.41, 5.74) is 0. The molecular formula is C8H11NO4. The highest BCUT2D eigenvalue weighted by Crippen LogP contribution is 2.04. The third-order valence-electron chi connectivity index (χ3n) is 1.65. The first-order valence-electron chi connectivity index (χ1n) is 3.85. The summed E-state index contributed by atoms with van der Waals surface area (Å²) in [5.74, 6) is -0.777. The molecule has 0 aliphatic carbocycles. The van der Waals surface area contributed by atoms with E-state index in [-0.39, 0.29) is 25.0 Å². The molecule has 1 aliphatic rings. The van der Waals surface area contributed by atoms with Crippen molar-refractivity contribution in [1.82, 2.24) is 4.90 Å². The number of methoxy groups -OCH3 is 1. The lowest BCUT2D eigenvalue weighted by Crippen LogP contribution is -2.38. The van der Waals surface area contributed by atoms with E-state index in [4.69, 9.17) is 0 Å². The van der Waals surface area contributed by atoms with Crippen molar-refractivity contribution < 1.29 is 19.4 Å². The molecule has 0 saturated heterocycles. The lowest BCUT2D eigenvalue weighted by molar-refractivity contribution is -0.138. The second-order valence-corrected chi connectivity index (χ2v) is 2.73. The maximum absolute atomic E-state index is 11.0. The van der Waals surface area contributed by atoms with E-state index in [0.29, 0.717) is 0 Å². The van der Waals surface area contributed by atoms with Crippen LogP contribution in [0.1, 0.15) is 0 Å². The molecule has 1 aliphatic heterocycles. The predicted molar refractivity (Wildman–Crippen MR) is 43.7 cm³/mol. The second-order valence-electron chi connectivity index (χ2n) is 2.73. The number of nitrogens with zero attached hydrogens (tertiary/aromatic N) is 1. The maximum Gasteiger partial charge on any atom is 0.253 e. The highest BCUT2D eigenvalue weighted by Gasteiger charge is 2.25. The summed E-state index contributed by atoms with van der Waals surface area (Å²) in [6, 6.07) is 0. The fraction of sp³-hybridized carbons (Fsp3) is 0.500. The monoisotopic (exact) mass is 185 g/mol. The molecule has 0 radical (unpaired) electrons. The topological polar surface area (TPSA) is 66.8 Å². The van der Waals surface area contributed by atoms with Crippen LogP contribution in [0.5, 0.6) is 0 Å². The van der Waals surface area contributed by atoms with Crippen LogP contribution >= 0.6 is 0 Å². The van der Waals surface area contributed by atoms with E-state index in [0.717, 1.165) is 4.90 Å². The quantitative estimate of drug-likeness (QED) is 0.566. The number of hydrogen-bond donors (Lipinski definition) is 1. The van der Waals surface area contributed by atoms with E-state index < -0.39 is 6.10 Å². The van der Waals surface area contributed by atoms with Crippen LogP contribution in [0, 0.1) is 0 Å². The Morgan fingerprint density at radius 1 is 1.46 bits per heavy atom. The molecule has 5 nitrogen and oxygen atoms in total. The number of β-amino-alcohol motifs (C(OH)–C–C–N with tert-alkyl or cyclic N) is 1. The Morgan fingerprint density at radius 2 is 2.00 bits per heavy atom. The summed E-state index contributed by atoms with van der Waals surface area (Å²) >= 11 is 0. The molecule has 2 amide bonds. The van der Waals surface area contributed by atoms with Crippen molar-refractivity contribution in [2.45, 2.75) is 6.10 Å². The first-order chi connectivity index (χ1) is 6.15. The van der Waals surface area contributed by atoms with Crippen LogP contribution in [0.2, 0.25) is 0 Å². The van der Waals surface area contributed by atoms with E-state index in [1.807, 2.05) is 0 Å². The van der Waals surface area contributed by atoms with Crippen molar-refractivity contribution in [1.29, 1.82) is 0 Å². The van der Waals surface area contributed by atoms with Gasteiger partial charge in [-0.25, -0.2) is 0 Å². The van der Waals surface area contributed by atoms with Crippen molar-refractivity contribution >= 4 is 11.8 Å². The Labute approximate surface area is 75.6 Å². The van der Waals surface area contributed by atoms with E-state index in [2.05, 4.69) is 4.74 Å². The molecule has 1 rings (SSSR count). The van der Waals surface area contributed by atoms with Gasteiger partial charge in [0.15, 0.2) is 0 Å². The molecule has 1 N–H and O–H groups in total. The number of aliphatic hydroxyl groups excluding tert-OH is 1. The molecule has 13 heavy (non-hydrogen) atoms. The Morgan fingerprint density at radius 3 is 2.46 bits per heavy atom. The van der Waals surface area contributed by atoms with Crippen LogP contribution < -0.4 is 0 Å². The minimum atomic E-state index is -0.821. The number of ether oxygens (including phenoxy) is 1. The van der Waals surface area contributed by atoms with Gasteiger partial charge in [-0.15, -0.1) is 0 Å². The van der Waals surface area contributed by atoms with Crippen LogP contribution in [0.4, 0.5) is 0 Å². The number of rotatable bonds is 4. The van der Waals surface area contributed by atoms with Gasteiger partial charge >= 0.3 is 0 Å². The van der Waals surface area contributed by atoms with Crippen molar-refractivity contribution in [3.05, 3.63) is 12.2 Å². The second kappa shape index (κ2) is 4.15. The molecular weight excluding hydrogens is 174 g/mol. The number of carbonyl (C=O) groups excluding carboxylic acids is 2. The zero-order valence-corrected chi connectivity index (χ0v) is 7.27. The molecule has 0 aromatic rings. The molecule has 5 heteroatoms. The van der Waals surface area contributed by atoms with Crippen molar-refractivity contribution in [3.8, 4) is 0 Å². The van der Waals surface area contributed by atoms with Gasteiger partial charge in [-0.2, -0.15) is 0 Å². The number of carbonyl (C=O) groups is 2. The lowest BCUT2D eigenvalue weighted by atomic mass is 10.3. The average Bonchev–Trinajstić information content (AvgIpc) is 2.36. The Kier molecular flexibility index (Phi) is 3.16. The SMILES string of the molecule is COCC(O)CN1C(=O)C=CC1=O. The third kappa shape index (κ3) is 2.37. The summed E-state index contributed by atoms with van der Waals surface area (Å²) < 4.78 is 4.66. The van der Waals surface area contributed by atoms with E-state index >= 15 is 0 Å². The van der Waals surface area contributed by atoms with Gasteiger partial charge in [0, 0.05) is 19.3 Å². The fourth-order valence-electron chi connectivity index (χ4n) is 1.07. The molecule has 0 saturated carbocycles. The van der Waals surface area contributed by atoms with Crippen LogP contribution in [0.25, 0.3) is 0 Å². The summed E-state index contributed by atoms with van der Waals surface area (Å²) in [5, 5.41) is 9.25. The zero-order chi connectivity index (χ0) is 9.84. The largest absolute Gasteiger partial charge is 0.389 e. The van der Waals surface area contributed by atoms with Crippen molar-refractivity contribution in [2.75, 3.05) is 20.3 Å². The van der Waals surface area contributed by atoms with Gasteiger partial charge in [0.1, 0.15) is 0 Å². The van der Waals surface area contributed by atoms with Gasteiger partial charge < -0.3 is 9.84 Å². The first kappa shape index (κ1) is 9.88. The maximum atomic E-state index is 11.0. The third-order valence-corrected chi connectivity index (χ3v) is 1.65. The Hall–Kier alpha value is -1.20. The summed E-state index contributed by atoms with van der Waals surface area (Å²) in [6.45, 7) is 0.0928. The number of aliphatic hydroxyl groups is 1. The molecule has 0 bridgehead atoms. The van der Waals surface area contributed by atoms with Gasteiger partial charge in [-0.05, 0) is 0 Å². The molecule has 0 spiro atoms. The fourth-order valence-corrected chi connectivity index (χ4v) is 1.07. The molecule has 72 valence electrons. The molecule has 0 aromatic carbocycles. The summed E-state index contributed by atoms with van der Waals surface area (Å²) in [7, 11) is 1.44. The molecule has 1 heterocycles. The lowest BCUT2D eigenvalue weighted by Gasteiger charge is -2.17. The number of hydrogen-bond acceptors (Lipinski definition) is 4. The van der Waals surface area contributed by atoms with Crippen molar-refractivity contribution in [3.63, 3.8) is 0 Å². The van der Waals surface area contributed by atoms with E-state index in [9.17, 15) is 14.7 Å². The van der Waals surface area contributed by atoms with Crippen LogP contribution in [0.3, 0.4) is 0 Å². The highest BCUT2D eigenvalue weighted by molar-refractivity contribution is 6.12. The summed E-state index contributed by atoms with van der Waals surface area (Å²) in [6.07, 6.45) is 1.54. The number of amides is 2. The Bertz CT molecular complexity index is 231. The zero-order valence-electron chi connectivity index (χ0n) is 7.27. The van der Waals surface area contributed by atoms with Gasteiger partial charge in [0.2, 0.25) is 0 Å².